The monoisotopic (exact) mass is 442 g/mol. The van der Waals surface area contributed by atoms with Crippen molar-refractivity contribution < 1.29 is 9.18 Å². The number of aryl methyl sites for hydroxylation is 2. The Morgan fingerprint density at radius 3 is 2.09 bits per heavy atom. The fourth-order valence-electron chi connectivity index (χ4n) is 3.10. The van der Waals surface area contributed by atoms with Crippen molar-refractivity contribution in [3.8, 4) is 0 Å². The second kappa shape index (κ2) is 9.78. The van der Waals surface area contributed by atoms with E-state index >= 15 is 0 Å². The zero-order chi connectivity index (χ0) is 23.2. The number of nitrogens with one attached hydrogen (secondary N) is 4. The molecule has 1 aromatic heterocycles. The topological polar surface area (TPSA) is 91.0 Å². The molecule has 33 heavy (non-hydrogen) atoms. The van der Waals surface area contributed by atoms with Gasteiger partial charge in [0, 0.05) is 34.5 Å². The summed E-state index contributed by atoms with van der Waals surface area (Å²) in [6, 6.07) is 22.3. The molecule has 0 bridgehead atoms. The van der Waals surface area contributed by atoms with Crippen LogP contribution in [0.15, 0.2) is 78.9 Å². The molecule has 7 nitrogen and oxygen atoms in total. The zero-order valence-electron chi connectivity index (χ0n) is 18.2. The van der Waals surface area contributed by atoms with Crippen molar-refractivity contribution in [2.45, 2.75) is 13.8 Å². The molecule has 0 aliphatic carbocycles. The zero-order valence-corrected chi connectivity index (χ0v) is 18.2. The van der Waals surface area contributed by atoms with Crippen LogP contribution >= 0.6 is 0 Å². The van der Waals surface area contributed by atoms with Gasteiger partial charge < -0.3 is 21.3 Å². The Bertz CT molecular complexity index is 1260. The standard InChI is InChI=1S/C25H23FN6O/c1-16-6-8-19(9-7-16)28-23-14-17(2)27-24(32-23)29-20-10-12-21(13-11-20)30-25(33)31-22-5-3-4-18(26)15-22/h3-15H,1-2H3,(H2,30,31,33)(H2,27,28,29,32). The third-order valence-corrected chi connectivity index (χ3v) is 4.66. The van der Waals surface area contributed by atoms with Crippen molar-refractivity contribution >= 4 is 40.5 Å². The van der Waals surface area contributed by atoms with Crippen LogP contribution in [0.2, 0.25) is 0 Å². The molecule has 2 amide bonds. The van der Waals surface area contributed by atoms with E-state index in [9.17, 15) is 9.18 Å². The van der Waals surface area contributed by atoms with Crippen LogP contribution in [0.3, 0.4) is 0 Å². The van der Waals surface area contributed by atoms with Crippen molar-refractivity contribution in [3.05, 3.63) is 95.9 Å². The van der Waals surface area contributed by atoms with Gasteiger partial charge in [-0.15, -0.1) is 0 Å². The van der Waals surface area contributed by atoms with Gasteiger partial charge in [0.05, 0.1) is 0 Å². The van der Waals surface area contributed by atoms with Crippen LogP contribution < -0.4 is 21.3 Å². The van der Waals surface area contributed by atoms with Crippen LogP contribution in [0.4, 0.5) is 43.7 Å². The minimum atomic E-state index is -0.463. The summed E-state index contributed by atoms with van der Waals surface area (Å²) in [7, 11) is 0. The quantitative estimate of drug-likeness (QED) is 0.279. The summed E-state index contributed by atoms with van der Waals surface area (Å²) >= 11 is 0. The second-order valence-corrected chi connectivity index (χ2v) is 7.50. The first-order valence-corrected chi connectivity index (χ1v) is 10.3. The highest BCUT2D eigenvalue weighted by Crippen LogP contribution is 2.21. The summed E-state index contributed by atoms with van der Waals surface area (Å²) in [5.74, 6) is 0.717. The van der Waals surface area contributed by atoms with E-state index in [1.807, 2.05) is 44.2 Å². The molecule has 4 N–H and O–H groups in total. The Labute approximate surface area is 191 Å². The van der Waals surface area contributed by atoms with Gasteiger partial charge in [-0.05, 0) is 68.4 Å². The summed E-state index contributed by atoms with van der Waals surface area (Å²) in [5.41, 5.74) is 4.66. The highest BCUT2D eigenvalue weighted by molar-refractivity contribution is 5.99. The van der Waals surface area contributed by atoms with E-state index < -0.39 is 11.8 Å². The van der Waals surface area contributed by atoms with E-state index in [0.717, 1.165) is 17.1 Å². The van der Waals surface area contributed by atoms with Crippen LogP contribution in [0.25, 0.3) is 0 Å². The molecule has 0 spiro atoms. The Hall–Kier alpha value is -4.46. The van der Waals surface area contributed by atoms with Crippen LogP contribution in [0.5, 0.6) is 0 Å². The molecule has 4 aromatic rings. The smallest absolute Gasteiger partial charge is 0.323 e. The molecule has 3 aromatic carbocycles. The van der Waals surface area contributed by atoms with Crippen LogP contribution in [0, 0.1) is 19.7 Å². The SMILES string of the molecule is Cc1ccc(Nc2cc(C)nc(Nc3ccc(NC(=O)Nc4cccc(F)c4)cc3)n2)cc1. The maximum atomic E-state index is 13.2. The Morgan fingerprint density at radius 1 is 0.727 bits per heavy atom. The number of hydrogen-bond acceptors (Lipinski definition) is 5. The largest absolute Gasteiger partial charge is 0.340 e. The number of rotatable bonds is 6. The highest BCUT2D eigenvalue weighted by atomic mass is 19.1. The number of urea groups is 1. The molecule has 0 aliphatic rings. The van der Waals surface area contributed by atoms with Crippen molar-refractivity contribution in [3.63, 3.8) is 0 Å². The van der Waals surface area contributed by atoms with E-state index in [-0.39, 0.29) is 0 Å². The van der Waals surface area contributed by atoms with Gasteiger partial charge in [-0.1, -0.05) is 23.8 Å². The number of benzene rings is 3. The van der Waals surface area contributed by atoms with Gasteiger partial charge in [0.15, 0.2) is 0 Å². The van der Waals surface area contributed by atoms with E-state index in [1.165, 1.54) is 23.8 Å². The lowest BCUT2D eigenvalue weighted by Crippen LogP contribution is -2.19. The third kappa shape index (κ3) is 6.27. The first kappa shape index (κ1) is 21.8. The number of carbonyl (C=O) groups excluding carboxylic acids is 1. The summed E-state index contributed by atoms with van der Waals surface area (Å²) in [6.45, 7) is 3.94. The first-order valence-electron chi connectivity index (χ1n) is 10.3. The summed E-state index contributed by atoms with van der Waals surface area (Å²) in [6.07, 6.45) is 0. The highest BCUT2D eigenvalue weighted by Gasteiger charge is 2.06. The lowest BCUT2D eigenvalue weighted by molar-refractivity contribution is 0.262. The average molecular weight is 442 g/mol. The maximum Gasteiger partial charge on any atom is 0.323 e. The van der Waals surface area contributed by atoms with Crippen LogP contribution in [-0.4, -0.2) is 16.0 Å². The van der Waals surface area contributed by atoms with Crippen LogP contribution in [-0.2, 0) is 0 Å². The van der Waals surface area contributed by atoms with Crippen molar-refractivity contribution in [2.24, 2.45) is 0 Å². The molecule has 8 heteroatoms. The molecule has 1 heterocycles. The number of amides is 2. The predicted octanol–water partition coefficient (Wildman–Crippen LogP) is 6.36. The van der Waals surface area contributed by atoms with Gasteiger partial charge in [-0.25, -0.2) is 14.2 Å². The average Bonchev–Trinajstić information content (AvgIpc) is 2.76. The molecule has 0 saturated carbocycles. The van der Waals surface area contributed by atoms with Gasteiger partial charge in [0.1, 0.15) is 11.6 Å². The molecule has 0 atom stereocenters. The summed E-state index contributed by atoms with van der Waals surface area (Å²) in [4.78, 5) is 21.1. The summed E-state index contributed by atoms with van der Waals surface area (Å²) < 4.78 is 13.2. The fourth-order valence-corrected chi connectivity index (χ4v) is 3.10. The van der Waals surface area contributed by atoms with E-state index in [1.54, 1.807) is 30.3 Å². The molecule has 166 valence electrons. The number of halogens is 1. The number of nitrogens with zero attached hydrogens (tertiary/aromatic N) is 2. The molecule has 0 radical (unpaired) electrons. The Morgan fingerprint density at radius 2 is 1.36 bits per heavy atom. The number of hydrogen-bond donors (Lipinski definition) is 4. The van der Waals surface area contributed by atoms with Gasteiger partial charge in [0.2, 0.25) is 5.95 Å². The lowest BCUT2D eigenvalue weighted by Gasteiger charge is -2.11. The van der Waals surface area contributed by atoms with Crippen molar-refractivity contribution in [1.82, 2.24) is 9.97 Å². The van der Waals surface area contributed by atoms with Gasteiger partial charge >= 0.3 is 6.03 Å². The van der Waals surface area contributed by atoms with Crippen molar-refractivity contribution in [2.75, 3.05) is 21.3 Å². The third-order valence-electron chi connectivity index (χ3n) is 4.66. The molecule has 0 aliphatic heterocycles. The Balaban J connectivity index is 1.38. The molecule has 0 fully saturated rings. The predicted molar refractivity (Wildman–Crippen MR) is 130 cm³/mol. The van der Waals surface area contributed by atoms with Gasteiger partial charge in [0.25, 0.3) is 0 Å². The van der Waals surface area contributed by atoms with E-state index in [2.05, 4.69) is 31.2 Å². The van der Waals surface area contributed by atoms with E-state index in [4.69, 9.17) is 0 Å². The van der Waals surface area contributed by atoms with E-state index in [0.29, 0.717) is 23.1 Å². The van der Waals surface area contributed by atoms with Gasteiger partial charge in [-0.3, -0.25) is 0 Å². The second-order valence-electron chi connectivity index (χ2n) is 7.50. The van der Waals surface area contributed by atoms with Crippen molar-refractivity contribution in [1.29, 1.82) is 0 Å². The summed E-state index contributed by atoms with van der Waals surface area (Å²) in [5, 5.41) is 11.8. The minimum Gasteiger partial charge on any atom is -0.340 e. The molecular formula is C25H23FN6O. The van der Waals surface area contributed by atoms with Gasteiger partial charge in [-0.2, -0.15) is 4.98 Å². The lowest BCUT2D eigenvalue weighted by atomic mass is 10.2. The number of carbonyl (C=O) groups is 1. The Kier molecular flexibility index (Phi) is 6.45. The molecule has 4 rings (SSSR count). The number of aromatic nitrogens is 2. The molecular weight excluding hydrogens is 419 g/mol. The van der Waals surface area contributed by atoms with Crippen LogP contribution in [0.1, 0.15) is 11.3 Å². The molecule has 0 unspecified atom stereocenters. The number of anilines is 6. The maximum absolute atomic E-state index is 13.2. The first-order chi connectivity index (χ1) is 15.9. The minimum absolute atomic E-state index is 0.373. The molecule has 0 saturated heterocycles. The normalized spacial score (nSPS) is 10.4. The fraction of sp³-hybridized carbons (Fsp3) is 0.0800.